The van der Waals surface area contributed by atoms with Gasteiger partial charge >= 0.3 is 0 Å². The quantitative estimate of drug-likeness (QED) is 0.669. The summed E-state index contributed by atoms with van der Waals surface area (Å²) >= 11 is 0. The number of pyridine rings is 1. The van der Waals surface area contributed by atoms with Crippen LogP contribution >= 0.6 is 0 Å². The van der Waals surface area contributed by atoms with Crippen molar-refractivity contribution >= 4 is 28.6 Å². The van der Waals surface area contributed by atoms with Gasteiger partial charge in [0.1, 0.15) is 11.5 Å². The molecule has 2 aromatic carbocycles. The molecule has 0 fully saturated rings. The van der Waals surface area contributed by atoms with Crippen molar-refractivity contribution in [2.24, 2.45) is 0 Å². The molecule has 0 unspecified atom stereocenters. The van der Waals surface area contributed by atoms with Crippen molar-refractivity contribution in [1.82, 2.24) is 4.98 Å². The van der Waals surface area contributed by atoms with Crippen LogP contribution in [0, 0.1) is 13.8 Å². The molecule has 0 amide bonds. The molecular weight excluding hydrogens is 310 g/mol. The number of aromatic hydroxyl groups is 2. The van der Waals surface area contributed by atoms with Gasteiger partial charge in [-0.15, -0.1) is 0 Å². The van der Waals surface area contributed by atoms with E-state index < -0.39 is 0 Å². The molecule has 1 heterocycles. The molecule has 1 aromatic heterocycles. The van der Waals surface area contributed by atoms with Crippen LogP contribution in [0.25, 0.3) is 28.6 Å². The van der Waals surface area contributed by atoms with Crippen LogP contribution in [-0.4, -0.2) is 15.2 Å². The lowest BCUT2D eigenvalue weighted by Gasteiger charge is -2.09. The van der Waals surface area contributed by atoms with Gasteiger partial charge < -0.3 is 10.2 Å². The van der Waals surface area contributed by atoms with Crippen molar-refractivity contribution in [1.29, 1.82) is 0 Å². The molecule has 0 atom stereocenters. The largest absolute Gasteiger partial charge is 0.508 e. The number of benzene rings is 2. The highest BCUT2D eigenvalue weighted by atomic mass is 16.3. The number of allylic oxidation sites excluding steroid dienone is 1. The van der Waals surface area contributed by atoms with E-state index in [0.29, 0.717) is 11.1 Å². The molecule has 3 heteroatoms. The molecule has 3 nitrogen and oxygen atoms in total. The van der Waals surface area contributed by atoms with E-state index in [9.17, 15) is 10.2 Å². The summed E-state index contributed by atoms with van der Waals surface area (Å²) in [6.45, 7) is 9.87. The first-order chi connectivity index (χ1) is 11.9. The molecule has 0 aliphatic heterocycles. The van der Waals surface area contributed by atoms with E-state index in [0.717, 1.165) is 33.3 Å². The van der Waals surface area contributed by atoms with Crippen LogP contribution in [0.5, 0.6) is 11.5 Å². The SMILES string of the molecule is C=C(C)c1ccc2ccc(C=Cc3cc(C)c(O)cc3O)nc2c1C. The fourth-order valence-electron chi connectivity index (χ4n) is 2.92. The Balaban J connectivity index is 2.03. The Morgan fingerprint density at radius 1 is 1.00 bits per heavy atom. The van der Waals surface area contributed by atoms with Gasteiger partial charge in [0.25, 0.3) is 0 Å². The topological polar surface area (TPSA) is 53.4 Å². The van der Waals surface area contributed by atoms with Crippen LogP contribution in [0.1, 0.15) is 34.9 Å². The van der Waals surface area contributed by atoms with E-state index in [2.05, 4.69) is 25.6 Å². The minimum Gasteiger partial charge on any atom is -0.508 e. The van der Waals surface area contributed by atoms with Crippen molar-refractivity contribution in [3.8, 4) is 11.5 Å². The summed E-state index contributed by atoms with van der Waals surface area (Å²) < 4.78 is 0. The number of aromatic nitrogens is 1. The molecule has 0 aliphatic carbocycles. The zero-order valence-corrected chi connectivity index (χ0v) is 14.7. The Labute approximate surface area is 147 Å². The maximum absolute atomic E-state index is 9.97. The fraction of sp³-hybridized carbons (Fsp3) is 0.136. The maximum Gasteiger partial charge on any atom is 0.126 e. The van der Waals surface area contributed by atoms with Gasteiger partial charge in [0, 0.05) is 17.0 Å². The highest BCUT2D eigenvalue weighted by Gasteiger charge is 2.07. The Kier molecular flexibility index (Phi) is 4.32. The average molecular weight is 331 g/mol. The first-order valence-electron chi connectivity index (χ1n) is 8.13. The van der Waals surface area contributed by atoms with Gasteiger partial charge in [0.05, 0.1) is 11.2 Å². The summed E-state index contributed by atoms with van der Waals surface area (Å²) in [7, 11) is 0. The van der Waals surface area contributed by atoms with Crippen LogP contribution in [0.15, 0.2) is 43.0 Å². The Hall–Kier alpha value is -3.07. The normalized spacial score (nSPS) is 11.3. The number of nitrogens with zero attached hydrogens (tertiary/aromatic N) is 1. The highest BCUT2D eigenvalue weighted by Crippen LogP contribution is 2.29. The van der Waals surface area contributed by atoms with Gasteiger partial charge in [-0.05, 0) is 61.7 Å². The van der Waals surface area contributed by atoms with Crippen LogP contribution in [0.3, 0.4) is 0 Å². The molecule has 0 aliphatic rings. The number of hydrogen-bond acceptors (Lipinski definition) is 3. The van der Waals surface area contributed by atoms with Crippen molar-refractivity contribution in [3.05, 3.63) is 70.9 Å². The van der Waals surface area contributed by atoms with Gasteiger partial charge in [0.15, 0.2) is 0 Å². The monoisotopic (exact) mass is 331 g/mol. The first-order valence-corrected chi connectivity index (χ1v) is 8.13. The average Bonchev–Trinajstić information content (AvgIpc) is 2.57. The lowest BCUT2D eigenvalue weighted by atomic mass is 9.99. The van der Waals surface area contributed by atoms with Crippen LogP contribution < -0.4 is 0 Å². The molecular formula is C22H21NO2. The number of hydrogen-bond donors (Lipinski definition) is 2. The first kappa shape index (κ1) is 16.8. The lowest BCUT2D eigenvalue weighted by molar-refractivity contribution is 0.447. The molecule has 0 bridgehead atoms. The minimum absolute atomic E-state index is 0.0425. The van der Waals surface area contributed by atoms with Gasteiger partial charge in [-0.25, -0.2) is 4.98 Å². The third kappa shape index (κ3) is 3.26. The van der Waals surface area contributed by atoms with Gasteiger partial charge in [-0.2, -0.15) is 0 Å². The number of rotatable bonds is 3. The number of phenols is 2. The summed E-state index contributed by atoms with van der Waals surface area (Å²) in [5.74, 6) is 0.127. The zero-order chi connectivity index (χ0) is 18.1. The third-order valence-corrected chi connectivity index (χ3v) is 4.38. The van der Waals surface area contributed by atoms with Gasteiger partial charge in [-0.3, -0.25) is 0 Å². The predicted octanol–water partition coefficient (Wildman–Crippen LogP) is 5.47. The predicted molar refractivity (Wildman–Crippen MR) is 105 cm³/mol. The van der Waals surface area contributed by atoms with Gasteiger partial charge in [0.2, 0.25) is 0 Å². The zero-order valence-electron chi connectivity index (χ0n) is 14.7. The number of fused-ring (bicyclic) bond motifs is 1. The third-order valence-electron chi connectivity index (χ3n) is 4.38. The van der Waals surface area contributed by atoms with Crippen molar-refractivity contribution in [3.63, 3.8) is 0 Å². The molecule has 2 N–H and O–H groups in total. The number of aryl methyl sites for hydroxylation is 2. The summed E-state index contributed by atoms with van der Waals surface area (Å²) in [5, 5.41) is 20.7. The van der Waals surface area contributed by atoms with Crippen LogP contribution in [0.2, 0.25) is 0 Å². The highest BCUT2D eigenvalue weighted by molar-refractivity contribution is 5.88. The number of phenolic OH excluding ortho intramolecular Hbond substituents is 2. The van der Waals surface area contributed by atoms with Gasteiger partial charge in [-0.1, -0.05) is 30.4 Å². The second kappa shape index (κ2) is 6.44. The molecule has 3 aromatic rings. The molecule has 0 saturated carbocycles. The lowest BCUT2D eigenvalue weighted by Crippen LogP contribution is -1.91. The summed E-state index contributed by atoms with van der Waals surface area (Å²) in [5.41, 5.74) is 6.37. The van der Waals surface area contributed by atoms with E-state index in [1.165, 1.54) is 6.07 Å². The minimum atomic E-state index is 0.0425. The van der Waals surface area contributed by atoms with E-state index in [1.54, 1.807) is 19.1 Å². The van der Waals surface area contributed by atoms with E-state index in [1.807, 2.05) is 25.1 Å². The smallest absolute Gasteiger partial charge is 0.126 e. The van der Waals surface area contributed by atoms with Crippen molar-refractivity contribution in [2.75, 3.05) is 0 Å². The standard InChI is InChI=1S/C22H21NO2/c1-13(2)19-10-7-16-5-8-18(23-22(16)15(19)4)9-6-17-11-14(3)20(24)12-21(17)25/h5-12,24-25H,1H2,2-4H3. The van der Waals surface area contributed by atoms with Crippen molar-refractivity contribution in [2.45, 2.75) is 20.8 Å². The van der Waals surface area contributed by atoms with Crippen molar-refractivity contribution < 1.29 is 10.2 Å². The maximum atomic E-state index is 9.97. The fourth-order valence-corrected chi connectivity index (χ4v) is 2.92. The molecule has 0 saturated heterocycles. The Bertz CT molecular complexity index is 1020. The molecule has 0 spiro atoms. The van der Waals surface area contributed by atoms with Crippen LogP contribution in [0.4, 0.5) is 0 Å². The van der Waals surface area contributed by atoms with E-state index in [4.69, 9.17) is 4.98 Å². The Morgan fingerprint density at radius 3 is 2.44 bits per heavy atom. The summed E-state index contributed by atoms with van der Waals surface area (Å²) in [4.78, 5) is 4.74. The second-order valence-electron chi connectivity index (χ2n) is 6.36. The summed E-state index contributed by atoms with van der Waals surface area (Å²) in [6, 6.07) is 11.2. The van der Waals surface area contributed by atoms with E-state index in [-0.39, 0.29) is 11.5 Å². The molecule has 3 rings (SSSR count). The molecule has 25 heavy (non-hydrogen) atoms. The van der Waals surface area contributed by atoms with Crippen LogP contribution in [-0.2, 0) is 0 Å². The summed E-state index contributed by atoms with van der Waals surface area (Å²) in [6.07, 6.45) is 3.66. The Morgan fingerprint density at radius 2 is 1.72 bits per heavy atom. The van der Waals surface area contributed by atoms with E-state index >= 15 is 0 Å². The molecule has 126 valence electrons. The molecule has 0 radical (unpaired) electrons. The second-order valence-corrected chi connectivity index (χ2v) is 6.36.